The van der Waals surface area contributed by atoms with Gasteiger partial charge in [-0.05, 0) is 18.6 Å². The zero-order valence-corrected chi connectivity index (χ0v) is 14.1. The molecule has 1 unspecified atom stereocenters. The van der Waals surface area contributed by atoms with Crippen molar-refractivity contribution < 1.29 is 14.3 Å². The van der Waals surface area contributed by atoms with Crippen LogP contribution >= 0.6 is 0 Å². The van der Waals surface area contributed by atoms with Crippen LogP contribution in [0.15, 0.2) is 49.6 Å². The molecular weight excluding hydrogens is 304 g/mol. The topological polar surface area (TPSA) is 49.9 Å². The van der Waals surface area contributed by atoms with E-state index in [1.807, 2.05) is 31.2 Å². The van der Waals surface area contributed by atoms with E-state index in [2.05, 4.69) is 13.2 Å². The third-order valence-electron chi connectivity index (χ3n) is 3.94. The summed E-state index contributed by atoms with van der Waals surface area (Å²) in [6.45, 7) is 10.5. The van der Waals surface area contributed by atoms with Crippen LogP contribution in [-0.4, -0.2) is 42.5 Å². The van der Waals surface area contributed by atoms with Crippen LogP contribution in [0.2, 0.25) is 0 Å². The van der Waals surface area contributed by atoms with Crippen molar-refractivity contribution in [2.45, 2.75) is 25.9 Å². The molecule has 0 fully saturated rings. The molecule has 0 aliphatic carbocycles. The third-order valence-corrected chi connectivity index (χ3v) is 3.94. The number of para-hydroxylation sites is 2. The Morgan fingerprint density at radius 2 is 1.96 bits per heavy atom. The Kier molecular flexibility index (Phi) is 6.18. The molecule has 5 heteroatoms. The van der Waals surface area contributed by atoms with Gasteiger partial charge in [0.25, 0.3) is 5.91 Å². The van der Waals surface area contributed by atoms with Gasteiger partial charge in [-0.25, -0.2) is 0 Å². The van der Waals surface area contributed by atoms with E-state index in [9.17, 15) is 9.59 Å². The van der Waals surface area contributed by atoms with Crippen LogP contribution in [0.4, 0.5) is 5.69 Å². The average Bonchev–Trinajstić information content (AvgIpc) is 2.60. The van der Waals surface area contributed by atoms with Crippen molar-refractivity contribution in [1.29, 1.82) is 0 Å². The van der Waals surface area contributed by atoms with Gasteiger partial charge < -0.3 is 14.5 Å². The molecule has 1 atom stereocenters. The molecule has 1 heterocycles. The van der Waals surface area contributed by atoms with E-state index in [0.717, 1.165) is 5.69 Å². The van der Waals surface area contributed by atoms with Gasteiger partial charge in [0.15, 0.2) is 6.10 Å². The predicted molar refractivity (Wildman–Crippen MR) is 95.1 cm³/mol. The fourth-order valence-corrected chi connectivity index (χ4v) is 2.72. The van der Waals surface area contributed by atoms with E-state index in [0.29, 0.717) is 31.8 Å². The third kappa shape index (κ3) is 3.85. The molecule has 1 aromatic rings. The van der Waals surface area contributed by atoms with Gasteiger partial charge in [-0.15, -0.1) is 13.2 Å². The van der Waals surface area contributed by atoms with E-state index < -0.39 is 6.10 Å². The highest BCUT2D eigenvalue weighted by molar-refractivity contribution is 6.00. The number of anilines is 1. The first-order valence-electron chi connectivity index (χ1n) is 8.19. The van der Waals surface area contributed by atoms with Crippen LogP contribution < -0.4 is 9.64 Å². The van der Waals surface area contributed by atoms with E-state index in [4.69, 9.17) is 4.74 Å². The minimum Gasteiger partial charge on any atom is -0.478 e. The molecule has 5 nitrogen and oxygen atoms in total. The molecule has 2 rings (SSSR count). The molecule has 0 saturated carbocycles. The first kappa shape index (κ1) is 17.8. The highest BCUT2D eigenvalue weighted by Gasteiger charge is 2.33. The average molecular weight is 328 g/mol. The van der Waals surface area contributed by atoms with Crippen molar-refractivity contribution in [2.75, 3.05) is 24.5 Å². The second-order valence-electron chi connectivity index (χ2n) is 5.60. The van der Waals surface area contributed by atoms with Gasteiger partial charge in [-0.1, -0.05) is 31.2 Å². The minimum atomic E-state index is -0.493. The molecular formula is C19H24N2O3. The van der Waals surface area contributed by atoms with Crippen molar-refractivity contribution in [3.05, 3.63) is 49.6 Å². The smallest absolute Gasteiger partial charge is 0.268 e. The Hall–Kier alpha value is -2.56. The predicted octanol–water partition coefficient (Wildman–Crippen LogP) is 2.78. The number of fused-ring (bicyclic) bond motifs is 1. The van der Waals surface area contributed by atoms with Crippen LogP contribution in [-0.2, 0) is 9.59 Å². The van der Waals surface area contributed by atoms with Gasteiger partial charge in [0.2, 0.25) is 5.91 Å². The molecule has 1 aromatic carbocycles. The summed E-state index contributed by atoms with van der Waals surface area (Å²) >= 11 is 0. The van der Waals surface area contributed by atoms with Gasteiger partial charge in [0.1, 0.15) is 5.75 Å². The number of ether oxygens (including phenoxy) is 1. The Morgan fingerprint density at radius 3 is 2.58 bits per heavy atom. The molecule has 0 aromatic heterocycles. The fraction of sp³-hybridized carbons (Fsp3) is 0.368. The molecule has 0 saturated heterocycles. The normalized spacial score (nSPS) is 16.1. The molecule has 1 aliphatic rings. The summed E-state index contributed by atoms with van der Waals surface area (Å²) in [6.07, 6.45) is 3.72. The van der Waals surface area contributed by atoms with Crippen LogP contribution in [0.5, 0.6) is 5.75 Å². The van der Waals surface area contributed by atoms with E-state index >= 15 is 0 Å². The van der Waals surface area contributed by atoms with Gasteiger partial charge in [0.05, 0.1) is 5.69 Å². The molecule has 0 spiro atoms. The summed E-state index contributed by atoms with van der Waals surface area (Å²) in [6, 6.07) is 7.43. The van der Waals surface area contributed by atoms with Gasteiger partial charge in [0, 0.05) is 26.1 Å². The minimum absolute atomic E-state index is 0.0281. The monoisotopic (exact) mass is 328 g/mol. The largest absolute Gasteiger partial charge is 0.478 e. The maximum atomic E-state index is 12.6. The molecule has 0 radical (unpaired) electrons. The number of carbonyl (C=O) groups is 2. The standard InChI is InChI=1S/C19H24N2O3/c1-4-12-20(13-5-2)18(22)11-14-21-15-9-7-8-10-17(15)24-16(6-3)19(21)23/h4-5,7-10,16H,1-2,6,11-14H2,3H3. The lowest BCUT2D eigenvalue weighted by Gasteiger charge is -2.34. The zero-order valence-electron chi connectivity index (χ0n) is 14.1. The number of benzene rings is 1. The van der Waals surface area contributed by atoms with Crippen LogP contribution in [0.3, 0.4) is 0 Å². The summed E-state index contributed by atoms with van der Waals surface area (Å²) in [5, 5.41) is 0. The zero-order chi connectivity index (χ0) is 17.5. The molecule has 1 aliphatic heterocycles. The first-order valence-corrected chi connectivity index (χ1v) is 8.19. The highest BCUT2D eigenvalue weighted by Crippen LogP contribution is 2.34. The van der Waals surface area contributed by atoms with Gasteiger partial charge >= 0.3 is 0 Å². The molecule has 2 amide bonds. The summed E-state index contributed by atoms with van der Waals surface area (Å²) in [5.41, 5.74) is 0.721. The maximum Gasteiger partial charge on any atom is 0.268 e. The second kappa shape index (κ2) is 8.34. The summed E-state index contributed by atoms with van der Waals surface area (Å²) < 4.78 is 5.74. The van der Waals surface area contributed by atoms with Crippen molar-refractivity contribution in [3.63, 3.8) is 0 Å². The van der Waals surface area contributed by atoms with Crippen molar-refractivity contribution in [1.82, 2.24) is 4.90 Å². The van der Waals surface area contributed by atoms with Crippen LogP contribution in [0.25, 0.3) is 0 Å². The fourth-order valence-electron chi connectivity index (χ4n) is 2.72. The van der Waals surface area contributed by atoms with Gasteiger partial charge in [-0.3, -0.25) is 9.59 Å². The number of rotatable bonds is 8. The first-order chi connectivity index (χ1) is 11.6. The summed E-state index contributed by atoms with van der Waals surface area (Å²) in [5.74, 6) is 0.563. The number of hydrogen-bond donors (Lipinski definition) is 0. The number of amides is 2. The quantitative estimate of drug-likeness (QED) is 0.690. The molecule has 128 valence electrons. The lowest BCUT2D eigenvalue weighted by molar-refractivity contribution is -0.130. The lowest BCUT2D eigenvalue weighted by atomic mass is 10.1. The Bertz CT molecular complexity index is 617. The Labute approximate surface area is 143 Å². The Morgan fingerprint density at radius 1 is 1.29 bits per heavy atom. The lowest BCUT2D eigenvalue weighted by Crippen LogP contribution is -2.47. The number of hydrogen-bond acceptors (Lipinski definition) is 3. The van der Waals surface area contributed by atoms with E-state index in [-0.39, 0.29) is 18.2 Å². The van der Waals surface area contributed by atoms with E-state index in [1.165, 1.54) is 0 Å². The Balaban J connectivity index is 2.12. The van der Waals surface area contributed by atoms with Crippen LogP contribution in [0.1, 0.15) is 19.8 Å². The molecule has 24 heavy (non-hydrogen) atoms. The van der Waals surface area contributed by atoms with Crippen molar-refractivity contribution in [2.24, 2.45) is 0 Å². The summed E-state index contributed by atoms with van der Waals surface area (Å²) in [7, 11) is 0. The highest BCUT2D eigenvalue weighted by atomic mass is 16.5. The number of nitrogens with zero attached hydrogens (tertiary/aromatic N) is 2. The van der Waals surface area contributed by atoms with Crippen molar-refractivity contribution in [3.8, 4) is 5.75 Å². The SMILES string of the molecule is C=CCN(CC=C)C(=O)CCN1C(=O)C(CC)Oc2ccccc21. The number of carbonyl (C=O) groups excluding carboxylic acids is 2. The second-order valence-corrected chi connectivity index (χ2v) is 5.60. The van der Waals surface area contributed by atoms with Gasteiger partial charge in [-0.2, -0.15) is 0 Å². The molecule has 0 bridgehead atoms. The van der Waals surface area contributed by atoms with Crippen LogP contribution in [0, 0.1) is 0 Å². The summed E-state index contributed by atoms with van der Waals surface area (Å²) in [4.78, 5) is 28.3. The van der Waals surface area contributed by atoms with Crippen molar-refractivity contribution >= 4 is 17.5 Å². The molecule has 0 N–H and O–H groups in total. The maximum absolute atomic E-state index is 12.6. The van der Waals surface area contributed by atoms with E-state index in [1.54, 1.807) is 22.0 Å².